The molecular formula is C17H20O6. The number of aliphatic hydroxyl groups excluding tert-OH is 1. The Bertz CT molecular complexity index is 723. The van der Waals surface area contributed by atoms with E-state index in [1.807, 2.05) is 0 Å². The maximum Gasteiger partial charge on any atom is 0.341 e. The number of aryl methyl sites for hydroxylation is 1. The molecule has 0 bridgehead atoms. The molecule has 0 heterocycles. The molecule has 0 radical (unpaired) electrons. The quantitative estimate of drug-likeness (QED) is 0.794. The van der Waals surface area contributed by atoms with E-state index in [-0.39, 0.29) is 17.9 Å². The van der Waals surface area contributed by atoms with Crippen LogP contribution in [0.15, 0.2) is 18.2 Å². The Balaban J connectivity index is 2.80. The Kier molecular flexibility index (Phi) is 5.28. The van der Waals surface area contributed by atoms with Crippen LogP contribution in [0.4, 0.5) is 0 Å². The number of carbonyl (C=O) groups excluding carboxylic acids is 1. The molecule has 0 unspecified atom stereocenters. The molecule has 0 aliphatic heterocycles. The van der Waals surface area contributed by atoms with Crippen molar-refractivity contribution in [2.45, 2.75) is 12.8 Å². The third-order valence-corrected chi connectivity index (χ3v) is 3.70. The van der Waals surface area contributed by atoms with E-state index in [0.29, 0.717) is 40.7 Å². The zero-order valence-electron chi connectivity index (χ0n) is 13.4. The topological polar surface area (TPSA) is 85.2 Å². The minimum Gasteiger partial charge on any atom is -0.506 e. The summed E-state index contributed by atoms with van der Waals surface area (Å²) in [6.07, 6.45) is 0.896. The predicted molar refractivity (Wildman–Crippen MR) is 85.5 cm³/mol. The molecule has 2 N–H and O–H groups in total. The van der Waals surface area contributed by atoms with Crippen LogP contribution in [-0.4, -0.2) is 44.1 Å². The van der Waals surface area contributed by atoms with Gasteiger partial charge in [0.2, 0.25) is 0 Å². The summed E-state index contributed by atoms with van der Waals surface area (Å²) in [6, 6.07) is 5.11. The summed E-state index contributed by atoms with van der Waals surface area (Å²) >= 11 is 0. The molecule has 0 atom stereocenters. The second kappa shape index (κ2) is 7.19. The number of methoxy groups -OCH3 is 3. The lowest BCUT2D eigenvalue weighted by Gasteiger charge is -2.15. The van der Waals surface area contributed by atoms with Gasteiger partial charge in [-0.2, -0.15) is 0 Å². The Morgan fingerprint density at radius 1 is 1.09 bits per heavy atom. The number of hydrogen-bond acceptors (Lipinski definition) is 6. The second-order valence-corrected chi connectivity index (χ2v) is 5.00. The van der Waals surface area contributed by atoms with E-state index >= 15 is 0 Å². The van der Waals surface area contributed by atoms with Crippen molar-refractivity contribution in [3.05, 3.63) is 29.3 Å². The van der Waals surface area contributed by atoms with Crippen LogP contribution in [0, 0.1) is 0 Å². The summed E-state index contributed by atoms with van der Waals surface area (Å²) in [5.41, 5.74) is 0.697. The first-order valence-electron chi connectivity index (χ1n) is 7.17. The van der Waals surface area contributed by atoms with Crippen molar-refractivity contribution in [3.63, 3.8) is 0 Å². The fourth-order valence-corrected chi connectivity index (χ4v) is 2.56. The molecule has 0 spiro atoms. The summed E-state index contributed by atoms with van der Waals surface area (Å²) in [5, 5.41) is 20.7. The molecule has 2 aromatic rings. The highest BCUT2D eigenvalue weighted by Crippen LogP contribution is 2.40. The molecule has 0 fully saturated rings. The van der Waals surface area contributed by atoms with Gasteiger partial charge in [0, 0.05) is 23.4 Å². The minimum absolute atomic E-state index is 0.0147. The van der Waals surface area contributed by atoms with Crippen molar-refractivity contribution in [3.8, 4) is 17.2 Å². The zero-order valence-corrected chi connectivity index (χ0v) is 13.4. The molecule has 0 aliphatic rings. The first-order valence-corrected chi connectivity index (χ1v) is 7.17. The van der Waals surface area contributed by atoms with E-state index < -0.39 is 5.97 Å². The SMILES string of the molecule is COC(=O)c1c(CCCO)cc2c(OC)cc(OC)cc2c1O. The van der Waals surface area contributed by atoms with Gasteiger partial charge in [0.05, 0.1) is 21.3 Å². The highest BCUT2D eigenvalue weighted by atomic mass is 16.5. The Morgan fingerprint density at radius 2 is 1.83 bits per heavy atom. The van der Waals surface area contributed by atoms with Crippen LogP contribution in [0.25, 0.3) is 10.8 Å². The van der Waals surface area contributed by atoms with Crippen LogP contribution in [0.3, 0.4) is 0 Å². The van der Waals surface area contributed by atoms with Gasteiger partial charge in [0.1, 0.15) is 22.8 Å². The van der Waals surface area contributed by atoms with Gasteiger partial charge in [-0.1, -0.05) is 0 Å². The van der Waals surface area contributed by atoms with Crippen molar-refractivity contribution in [2.24, 2.45) is 0 Å². The average Bonchev–Trinajstić information content (AvgIpc) is 2.58. The van der Waals surface area contributed by atoms with Crippen LogP contribution < -0.4 is 9.47 Å². The van der Waals surface area contributed by atoms with Gasteiger partial charge in [0.25, 0.3) is 0 Å². The van der Waals surface area contributed by atoms with Gasteiger partial charge >= 0.3 is 5.97 Å². The van der Waals surface area contributed by atoms with Gasteiger partial charge in [-0.3, -0.25) is 0 Å². The number of phenols is 1. The Morgan fingerprint density at radius 3 is 2.39 bits per heavy atom. The fourth-order valence-electron chi connectivity index (χ4n) is 2.56. The molecule has 0 aromatic heterocycles. The molecule has 6 nitrogen and oxygen atoms in total. The largest absolute Gasteiger partial charge is 0.506 e. The molecule has 23 heavy (non-hydrogen) atoms. The molecule has 2 aromatic carbocycles. The first-order chi connectivity index (χ1) is 11.1. The summed E-state index contributed by atoms with van der Waals surface area (Å²) < 4.78 is 15.3. The van der Waals surface area contributed by atoms with Gasteiger partial charge in [0.15, 0.2) is 0 Å². The number of phenolic OH excluding ortho intramolecular Hbond substituents is 1. The normalized spacial score (nSPS) is 10.6. The fraction of sp³-hybridized carbons (Fsp3) is 0.353. The van der Waals surface area contributed by atoms with Gasteiger partial charge in [-0.05, 0) is 30.5 Å². The minimum atomic E-state index is -0.626. The summed E-state index contributed by atoms with van der Waals surface area (Å²) in [6.45, 7) is -0.0147. The molecule has 0 aliphatic carbocycles. The maximum absolute atomic E-state index is 12.1. The molecule has 0 saturated heterocycles. The third-order valence-electron chi connectivity index (χ3n) is 3.70. The summed E-state index contributed by atoms with van der Waals surface area (Å²) in [7, 11) is 4.29. The Labute approximate surface area is 134 Å². The molecule has 2 rings (SSSR count). The van der Waals surface area contributed by atoms with Crippen molar-refractivity contribution < 1.29 is 29.2 Å². The predicted octanol–water partition coefficient (Wildman–Crippen LogP) is 2.27. The molecule has 124 valence electrons. The lowest BCUT2D eigenvalue weighted by atomic mass is 9.95. The van der Waals surface area contributed by atoms with Crippen LogP contribution in [0.1, 0.15) is 22.3 Å². The van der Waals surface area contributed by atoms with E-state index in [9.17, 15) is 9.90 Å². The standard InChI is InChI=1S/C17H20O6/c1-21-11-8-13-12(14(9-11)22-2)7-10(5-4-6-18)15(16(13)19)17(20)23-3/h7-9,18-19H,4-6H2,1-3H3. The van der Waals surface area contributed by atoms with Crippen LogP contribution in [-0.2, 0) is 11.2 Å². The molecule has 0 amide bonds. The second-order valence-electron chi connectivity index (χ2n) is 5.00. The van der Waals surface area contributed by atoms with Gasteiger partial charge in [-0.15, -0.1) is 0 Å². The number of ether oxygens (including phenoxy) is 3. The third kappa shape index (κ3) is 3.17. The number of aromatic hydroxyl groups is 1. The van der Waals surface area contributed by atoms with Crippen molar-refractivity contribution in [1.82, 2.24) is 0 Å². The van der Waals surface area contributed by atoms with E-state index in [1.165, 1.54) is 21.3 Å². The van der Waals surface area contributed by atoms with E-state index in [2.05, 4.69) is 0 Å². The number of rotatable bonds is 6. The number of fused-ring (bicyclic) bond motifs is 1. The monoisotopic (exact) mass is 320 g/mol. The van der Waals surface area contributed by atoms with Crippen LogP contribution in [0.5, 0.6) is 17.2 Å². The van der Waals surface area contributed by atoms with E-state index in [0.717, 1.165) is 0 Å². The van der Waals surface area contributed by atoms with Gasteiger partial charge in [-0.25, -0.2) is 4.79 Å². The van der Waals surface area contributed by atoms with Gasteiger partial charge < -0.3 is 24.4 Å². The molecule has 6 heteroatoms. The Hall–Kier alpha value is -2.47. The number of hydrogen-bond donors (Lipinski definition) is 2. The zero-order chi connectivity index (χ0) is 17.0. The molecule has 0 saturated carbocycles. The van der Waals surface area contributed by atoms with Crippen molar-refractivity contribution >= 4 is 16.7 Å². The maximum atomic E-state index is 12.1. The summed E-state index contributed by atoms with van der Waals surface area (Å²) in [4.78, 5) is 12.1. The van der Waals surface area contributed by atoms with Crippen molar-refractivity contribution in [2.75, 3.05) is 27.9 Å². The highest BCUT2D eigenvalue weighted by Gasteiger charge is 2.22. The molecular weight excluding hydrogens is 300 g/mol. The van der Waals surface area contributed by atoms with Crippen LogP contribution >= 0.6 is 0 Å². The number of carbonyl (C=O) groups is 1. The lowest BCUT2D eigenvalue weighted by molar-refractivity contribution is 0.0596. The number of benzene rings is 2. The first kappa shape index (κ1) is 16.9. The smallest absolute Gasteiger partial charge is 0.341 e. The number of aliphatic hydroxyl groups is 1. The average molecular weight is 320 g/mol. The van der Waals surface area contributed by atoms with E-state index in [4.69, 9.17) is 19.3 Å². The van der Waals surface area contributed by atoms with E-state index in [1.54, 1.807) is 18.2 Å². The summed E-state index contributed by atoms with van der Waals surface area (Å²) in [5.74, 6) is 0.221. The number of esters is 1. The lowest BCUT2D eigenvalue weighted by Crippen LogP contribution is -2.08. The van der Waals surface area contributed by atoms with Crippen LogP contribution in [0.2, 0.25) is 0 Å². The highest BCUT2D eigenvalue weighted by molar-refractivity contribution is 6.04. The van der Waals surface area contributed by atoms with Crippen molar-refractivity contribution in [1.29, 1.82) is 0 Å².